The van der Waals surface area contributed by atoms with Gasteiger partial charge in [0, 0.05) is 0 Å². The van der Waals surface area contributed by atoms with E-state index in [1.807, 2.05) is 6.08 Å². The van der Waals surface area contributed by atoms with Crippen molar-refractivity contribution < 1.29 is 4.79 Å². The molecule has 0 amide bonds. The first-order valence-electron chi connectivity index (χ1n) is 3.89. The smallest absolute Gasteiger partial charge is 0.152 e. The van der Waals surface area contributed by atoms with Gasteiger partial charge in [0.15, 0.2) is 5.78 Å². The zero-order chi connectivity index (χ0) is 7.98. The number of allylic oxidation sites excluding steroid dienone is 2. The van der Waals surface area contributed by atoms with E-state index in [-0.39, 0.29) is 5.78 Å². The average Bonchev–Trinajstić information content (AvgIpc) is 1.90. The van der Waals surface area contributed by atoms with Crippen molar-refractivity contribution in [2.45, 2.75) is 33.6 Å². The van der Waals surface area contributed by atoms with E-state index in [1.54, 1.807) is 13.0 Å². The molecule has 0 heterocycles. The van der Waals surface area contributed by atoms with Gasteiger partial charge in [-0.1, -0.05) is 19.9 Å². The minimum Gasteiger partial charge on any atom is -0.295 e. The Morgan fingerprint density at radius 1 is 1.40 bits per heavy atom. The van der Waals surface area contributed by atoms with Gasteiger partial charge in [0.25, 0.3) is 0 Å². The van der Waals surface area contributed by atoms with E-state index in [9.17, 15) is 4.79 Å². The van der Waals surface area contributed by atoms with Crippen LogP contribution in [0.15, 0.2) is 12.2 Å². The number of carbonyl (C=O) groups excluding carboxylic acids is 1. The summed E-state index contributed by atoms with van der Waals surface area (Å²) in [7, 11) is 0. The second-order valence-corrected chi connectivity index (χ2v) is 2.55. The molecule has 0 saturated carbocycles. The maximum atomic E-state index is 10.5. The Kier molecular flexibility index (Phi) is 4.91. The van der Waals surface area contributed by atoms with Crippen molar-refractivity contribution in [2.24, 2.45) is 5.92 Å². The maximum absolute atomic E-state index is 10.5. The number of rotatable bonds is 4. The molecule has 0 spiro atoms. The van der Waals surface area contributed by atoms with Gasteiger partial charge in [-0.3, -0.25) is 4.79 Å². The van der Waals surface area contributed by atoms with Crippen molar-refractivity contribution in [1.29, 1.82) is 0 Å². The Morgan fingerprint density at radius 3 is 2.20 bits per heavy atom. The molecule has 0 aromatic carbocycles. The highest BCUT2D eigenvalue weighted by Crippen LogP contribution is 2.08. The molecule has 0 unspecified atom stereocenters. The molecule has 0 rings (SSSR count). The van der Waals surface area contributed by atoms with Crippen LogP contribution in [0.3, 0.4) is 0 Å². The Bertz CT molecular complexity index is 121. The highest BCUT2D eigenvalue weighted by atomic mass is 16.1. The largest absolute Gasteiger partial charge is 0.295 e. The van der Waals surface area contributed by atoms with Gasteiger partial charge >= 0.3 is 0 Å². The fourth-order valence-electron chi connectivity index (χ4n) is 0.832. The maximum Gasteiger partial charge on any atom is 0.152 e. The summed E-state index contributed by atoms with van der Waals surface area (Å²) in [6.45, 7) is 5.86. The summed E-state index contributed by atoms with van der Waals surface area (Å²) in [5.41, 5.74) is 0. The van der Waals surface area contributed by atoms with Gasteiger partial charge in [0.1, 0.15) is 0 Å². The molecular weight excluding hydrogens is 124 g/mol. The van der Waals surface area contributed by atoms with Gasteiger partial charge in [0.2, 0.25) is 0 Å². The Morgan fingerprint density at radius 2 is 1.90 bits per heavy atom. The zero-order valence-corrected chi connectivity index (χ0v) is 7.05. The van der Waals surface area contributed by atoms with Crippen molar-refractivity contribution in [2.75, 3.05) is 0 Å². The van der Waals surface area contributed by atoms with Crippen LogP contribution in [0.1, 0.15) is 33.6 Å². The lowest BCUT2D eigenvalue weighted by molar-refractivity contribution is -0.112. The van der Waals surface area contributed by atoms with Crippen LogP contribution in [0.25, 0.3) is 0 Å². The third-order valence-electron chi connectivity index (χ3n) is 1.65. The Balaban J connectivity index is 3.72. The lowest BCUT2D eigenvalue weighted by atomic mass is 10.0. The minimum atomic E-state index is 0.145. The quantitative estimate of drug-likeness (QED) is 0.548. The molecule has 0 radical (unpaired) electrons. The summed E-state index contributed by atoms with van der Waals surface area (Å²) >= 11 is 0. The lowest BCUT2D eigenvalue weighted by Gasteiger charge is -2.03. The van der Waals surface area contributed by atoms with E-state index in [4.69, 9.17) is 0 Å². The molecule has 0 N–H and O–H groups in total. The number of carbonyl (C=O) groups is 1. The average molecular weight is 140 g/mol. The van der Waals surface area contributed by atoms with Crippen molar-refractivity contribution in [3.63, 3.8) is 0 Å². The fourth-order valence-corrected chi connectivity index (χ4v) is 0.832. The van der Waals surface area contributed by atoms with Crippen molar-refractivity contribution >= 4 is 5.78 Å². The third kappa shape index (κ3) is 4.30. The highest BCUT2D eigenvalue weighted by molar-refractivity contribution is 5.87. The lowest BCUT2D eigenvalue weighted by Crippen LogP contribution is -1.92. The Hall–Kier alpha value is -0.590. The van der Waals surface area contributed by atoms with Gasteiger partial charge in [-0.2, -0.15) is 0 Å². The summed E-state index contributed by atoms with van der Waals surface area (Å²) in [4.78, 5) is 10.5. The van der Waals surface area contributed by atoms with Crippen molar-refractivity contribution in [1.82, 2.24) is 0 Å². The third-order valence-corrected chi connectivity index (χ3v) is 1.65. The zero-order valence-electron chi connectivity index (χ0n) is 7.05. The van der Waals surface area contributed by atoms with Crippen LogP contribution < -0.4 is 0 Å². The number of hydrogen-bond donors (Lipinski definition) is 0. The predicted molar refractivity (Wildman–Crippen MR) is 43.9 cm³/mol. The van der Waals surface area contributed by atoms with Crippen LogP contribution in [-0.2, 0) is 4.79 Å². The van der Waals surface area contributed by atoms with E-state index < -0.39 is 0 Å². The molecule has 0 saturated heterocycles. The van der Waals surface area contributed by atoms with Gasteiger partial charge in [-0.15, -0.1) is 0 Å². The minimum absolute atomic E-state index is 0.145. The van der Waals surface area contributed by atoms with Gasteiger partial charge < -0.3 is 0 Å². The van der Waals surface area contributed by atoms with E-state index in [0.29, 0.717) is 5.92 Å². The number of hydrogen-bond acceptors (Lipinski definition) is 1. The molecule has 0 aliphatic rings. The molecule has 0 bridgehead atoms. The van der Waals surface area contributed by atoms with Crippen molar-refractivity contribution in [3.8, 4) is 0 Å². The summed E-state index contributed by atoms with van der Waals surface area (Å²) in [6, 6.07) is 0. The van der Waals surface area contributed by atoms with Crippen LogP contribution >= 0.6 is 0 Å². The first-order valence-corrected chi connectivity index (χ1v) is 3.89. The molecule has 1 heteroatoms. The van der Waals surface area contributed by atoms with Crippen LogP contribution in [0, 0.1) is 5.92 Å². The normalized spacial score (nSPS) is 11.2. The van der Waals surface area contributed by atoms with E-state index in [0.717, 1.165) is 12.8 Å². The van der Waals surface area contributed by atoms with Gasteiger partial charge in [-0.25, -0.2) is 0 Å². The summed E-state index contributed by atoms with van der Waals surface area (Å²) < 4.78 is 0. The first-order chi connectivity index (χ1) is 4.70. The number of ketones is 1. The molecule has 1 nitrogen and oxygen atoms in total. The van der Waals surface area contributed by atoms with E-state index in [2.05, 4.69) is 13.8 Å². The van der Waals surface area contributed by atoms with Gasteiger partial charge in [0.05, 0.1) is 0 Å². The second kappa shape index (κ2) is 5.21. The predicted octanol–water partition coefficient (Wildman–Crippen LogP) is 2.57. The molecule has 0 fully saturated rings. The molecule has 0 aliphatic heterocycles. The summed E-state index contributed by atoms with van der Waals surface area (Å²) in [5.74, 6) is 0.732. The molecule has 0 aliphatic carbocycles. The van der Waals surface area contributed by atoms with Gasteiger partial charge in [-0.05, 0) is 31.8 Å². The Labute approximate surface area is 63.1 Å². The summed E-state index contributed by atoms with van der Waals surface area (Å²) in [6.07, 6.45) is 5.92. The van der Waals surface area contributed by atoms with Crippen LogP contribution in [0.2, 0.25) is 0 Å². The summed E-state index contributed by atoms with van der Waals surface area (Å²) in [5, 5.41) is 0. The van der Waals surface area contributed by atoms with Crippen LogP contribution in [-0.4, -0.2) is 5.78 Å². The second-order valence-electron chi connectivity index (χ2n) is 2.55. The first kappa shape index (κ1) is 9.41. The van der Waals surface area contributed by atoms with E-state index in [1.165, 1.54) is 0 Å². The van der Waals surface area contributed by atoms with Crippen LogP contribution in [0.5, 0.6) is 0 Å². The topological polar surface area (TPSA) is 17.1 Å². The standard InChI is InChI=1S/C9H16O/c1-4-9(5-2)7-6-8(3)10/h6-7,9H,4-5H2,1-3H3/b7-6+. The molecule has 58 valence electrons. The molecule has 0 atom stereocenters. The highest BCUT2D eigenvalue weighted by Gasteiger charge is 1.96. The molecule has 10 heavy (non-hydrogen) atoms. The monoisotopic (exact) mass is 140 g/mol. The fraction of sp³-hybridized carbons (Fsp3) is 0.667. The molecule has 0 aromatic heterocycles. The van der Waals surface area contributed by atoms with E-state index >= 15 is 0 Å². The molecule has 0 aromatic rings. The van der Waals surface area contributed by atoms with Crippen LogP contribution in [0.4, 0.5) is 0 Å². The SMILES string of the molecule is CCC(/C=C/C(C)=O)CC. The molecular formula is C9H16O. The van der Waals surface area contributed by atoms with Crippen molar-refractivity contribution in [3.05, 3.63) is 12.2 Å².